The Balaban J connectivity index is 1.52. The molecule has 33 heavy (non-hydrogen) atoms. The first-order valence-corrected chi connectivity index (χ1v) is 9.32. The average Bonchev–Trinajstić information content (AvgIpc) is 2.76. The van der Waals surface area contributed by atoms with E-state index in [0.29, 0.717) is 17.1 Å². The number of urea groups is 1. The third-order valence-electron chi connectivity index (χ3n) is 4.37. The number of hydrogen-bond donors (Lipinski definition) is 2. The number of nitrogens with zero attached hydrogens (tertiary/aromatic N) is 2. The van der Waals surface area contributed by atoms with Crippen LogP contribution in [0.5, 0.6) is 11.5 Å². The van der Waals surface area contributed by atoms with Crippen molar-refractivity contribution in [3.63, 3.8) is 0 Å². The number of rotatable bonds is 4. The van der Waals surface area contributed by atoms with Gasteiger partial charge in [-0.05, 0) is 30.3 Å². The van der Waals surface area contributed by atoms with Gasteiger partial charge in [0.15, 0.2) is 11.6 Å². The molecule has 4 rings (SSSR count). The van der Waals surface area contributed by atoms with Gasteiger partial charge in [-0.3, -0.25) is 9.97 Å². The van der Waals surface area contributed by atoms with Crippen molar-refractivity contribution in [2.75, 3.05) is 10.6 Å². The molecule has 0 saturated carbocycles. The smallest absolute Gasteiger partial charge is 0.416 e. The van der Waals surface area contributed by atoms with Crippen LogP contribution in [0.4, 0.5) is 38.1 Å². The van der Waals surface area contributed by atoms with E-state index in [4.69, 9.17) is 4.74 Å². The normalized spacial score (nSPS) is 11.3. The molecule has 0 aliphatic heterocycles. The predicted molar refractivity (Wildman–Crippen MR) is 110 cm³/mol. The van der Waals surface area contributed by atoms with Crippen molar-refractivity contribution in [1.82, 2.24) is 9.97 Å². The number of hydrogen-bond acceptors (Lipinski definition) is 4. The summed E-state index contributed by atoms with van der Waals surface area (Å²) in [5, 5.41) is 4.44. The Labute approximate surface area is 183 Å². The highest BCUT2D eigenvalue weighted by Crippen LogP contribution is 2.32. The van der Waals surface area contributed by atoms with Crippen molar-refractivity contribution in [1.29, 1.82) is 0 Å². The molecular formula is C22H13F5N4O2. The van der Waals surface area contributed by atoms with Crippen LogP contribution in [0.25, 0.3) is 11.0 Å². The van der Waals surface area contributed by atoms with E-state index in [0.717, 1.165) is 24.3 Å². The third kappa shape index (κ3) is 5.14. The van der Waals surface area contributed by atoms with Gasteiger partial charge < -0.3 is 15.4 Å². The molecule has 0 saturated heterocycles. The van der Waals surface area contributed by atoms with Crippen LogP contribution in [-0.4, -0.2) is 16.0 Å². The van der Waals surface area contributed by atoms with Gasteiger partial charge in [0, 0.05) is 42.0 Å². The van der Waals surface area contributed by atoms with Gasteiger partial charge >= 0.3 is 12.2 Å². The van der Waals surface area contributed by atoms with Crippen molar-refractivity contribution in [3.05, 3.63) is 84.2 Å². The maximum Gasteiger partial charge on any atom is 0.416 e. The molecule has 2 N–H and O–H groups in total. The highest BCUT2D eigenvalue weighted by Gasteiger charge is 2.30. The van der Waals surface area contributed by atoms with Crippen molar-refractivity contribution < 1.29 is 31.5 Å². The molecular weight excluding hydrogens is 447 g/mol. The van der Waals surface area contributed by atoms with Crippen LogP contribution in [0.1, 0.15) is 5.56 Å². The van der Waals surface area contributed by atoms with E-state index < -0.39 is 35.2 Å². The van der Waals surface area contributed by atoms with Crippen molar-refractivity contribution >= 4 is 28.4 Å². The minimum atomic E-state index is -4.59. The number of carbonyl (C=O) groups is 1. The number of benzene rings is 3. The van der Waals surface area contributed by atoms with E-state index in [1.807, 2.05) is 0 Å². The van der Waals surface area contributed by atoms with Gasteiger partial charge in [-0.15, -0.1) is 0 Å². The summed E-state index contributed by atoms with van der Waals surface area (Å²) < 4.78 is 72.2. The minimum absolute atomic E-state index is 0.140. The quantitative estimate of drug-likeness (QED) is 0.348. The zero-order chi connectivity index (χ0) is 23.6. The summed E-state index contributed by atoms with van der Waals surface area (Å²) in [6, 6.07) is 9.26. The number of amides is 2. The third-order valence-corrected chi connectivity index (χ3v) is 4.37. The lowest BCUT2D eigenvalue weighted by Gasteiger charge is -2.13. The summed E-state index contributed by atoms with van der Waals surface area (Å²) in [6.45, 7) is 0. The SMILES string of the molecule is O=C(Nc1cccc(C(F)(F)F)c1)Nc1cc(F)c(F)c(Oc2ccc3nccnc3c2)c1. The number of halogens is 5. The fourth-order valence-corrected chi connectivity index (χ4v) is 2.91. The Morgan fingerprint density at radius 2 is 1.58 bits per heavy atom. The topological polar surface area (TPSA) is 76.1 Å². The Morgan fingerprint density at radius 1 is 0.848 bits per heavy atom. The molecule has 0 unspecified atom stereocenters. The number of alkyl halides is 3. The first-order chi connectivity index (χ1) is 15.7. The molecule has 4 aromatic rings. The van der Waals surface area contributed by atoms with Crippen LogP contribution < -0.4 is 15.4 Å². The van der Waals surface area contributed by atoms with E-state index in [2.05, 4.69) is 20.6 Å². The van der Waals surface area contributed by atoms with Crippen LogP contribution in [0.2, 0.25) is 0 Å². The van der Waals surface area contributed by atoms with Gasteiger partial charge in [0.1, 0.15) is 5.75 Å². The van der Waals surface area contributed by atoms with Crippen LogP contribution in [0, 0.1) is 11.6 Å². The monoisotopic (exact) mass is 460 g/mol. The van der Waals surface area contributed by atoms with Crippen molar-refractivity contribution in [3.8, 4) is 11.5 Å². The second-order valence-corrected chi connectivity index (χ2v) is 6.74. The number of anilines is 2. The van der Waals surface area contributed by atoms with Gasteiger partial charge in [0.2, 0.25) is 5.82 Å². The average molecular weight is 460 g/mol. The van der Waals surface area contributed by atoms with Crippen LogP contribution >= 0.6 is 0 Å². The number of ether oxygens (including phenoxy) is 1. The van der Waals surface area contributed by atoms with Gasteiger partial charge in [-0.25, -0.2) is 9.18 Å². The Morgan fingerprint density at radius 3 is 2.33 bits per heavy atom. The lowest BCUT2D eigenvalue weighted by molar-refractivity contribution is -0.137. The van der Waals surface area contributed by atoms with Gasteiger partial charge in [-0.1, -0.05) is 6.07 Å². The molecule has 2 amide bonds. The van der Waals surface area contributed by atoms with Gasteiger partial charge in [0.25, 0.3) is 0 Å². The summed E-state index contributed by atoms with van der Waals surface area (Å²) in [5.74, 6) is -2.97. The Bertz CT molecular complexity index is 1340. The Hall–Kier alpha value is -4.28. The van der Waals surface area contributed by atoms with E-state index in [1.54, 1.807) is 6.07 Å². The summed E-state index contributed by atoms with van der Waals surface area (Å²) in [7, 11) is 0. The highest BCUT2D eigenvalue weighted by atomic mass is 19.4. The van der Waals surface area contributed by atoms with Gasteiger partial charge in [-0.2, -0.15) is 17.6 Å². The largest absolute Gasteiger partial charge is 0.454 e. The Kier molecular flexibility index (Phi) is 5.78. The molecule has 0 spiro atoms. The van der Waals surface area contributed by atoms with Crippen LogP contribution in [0.15, 0.2) is 67.0 Å². The molecule has 0 aliphatic rings. The minimum Gasteiger partial charge on any atom is -0.454 e. The fourth-order valence-electron chi connectivity index (χ4n) is 2.91. The second-order valence-electron chi connectivity index (χ2n) is 6.74. The first-order valence-electron chi connectivity index (χ1n) is 9.32. The predicted octanol–water partition coefficient (Wildman–Crippen LogP) is 6.36. The number of fused-ring (bicyclic) bond motifs is 1. The maximum absolute atomic E-state index is 14.3. The second kappa shape index (κ2) is 8.69. The molecule has 11 heteroatoms. The first kappa shape index (κ1) is 21.9. The summed E-state index contributed by atoms with van der Waals surface area (Å²) in [4.78, 5) is 20.4. The van der Waals surface area contributed by atoms with Gasteiger partial charge in [0.05, 0.1) is 16.6 Å². The summed E-state index contributed by atoms with van der Waals surface area (Å²) in [5.41, 5.74) is -0.250. The summed E-state index contributed by atoms with van der Waals surface area (Å²) in [6.07, 6.45) is -1.63. The lowest BCUT2D eigenvalue weighted by atomic mass is 10.2. The standard InChI is InChI=1S/C22H13F5N4O2/c23-16-9-14(31-21(32)30-13-3-1-2-12(8-13)22(25,26)27)10-19(20(16)24)33-15-4-5-17-18(11-15)29-7-6-28-17/h1-11H,(H2,30,31,32). The van der Waals surface area contributed by atoms with Crippen molar-refractivity contribution in [2.24, 2.45) is 0 Å². The molecule has 1 aromatic heterocycles. The van der Waals surface area contributed by atoms with Crippen molar-refractivity contribution in [2.45, 2.75) is 6.18 Å². The molecule has 0 aliphatic carbocycles. The van der Waals surface area contributed by atoms with E-state index >= 15 is 0 Å². The molecule has 1 heterocycles. The molecule has 168 valence electrons. The number of aromatic nitrogens is 2. The van der Waals surface area contributed by atoms with Crippen LogP contribution in [0.3, 0.4) is 0 Å². The number of nitrogens with one attached hydrogen (secondary N) is 2. The molecule has 3 aromatic carbocycles. The van der Waals surface area contributed by atoms with E-state index in [-0.39, 0.29) is 17.1 Å². The molecule has 6 nitrogen and oxygen atoms in total. The van der Waals surface area contributed by atoms with E-state index in [9.17, 15) is 26.7 Å². The van der Waals surface area contributed by atoms with Crippen LogP contribution in [-0.2, 0) is 6.18 Å². The number of carbonyl (C=O) groups excluding carboxylic acids is 1. The zero-order valence-corrected chi connectivity index (χ0v) is 16.5. The van der Waals surface area contributed by atoms with E-state index in [1.165, 1.54) is 30.6 Å². The molecule has 0 bridgehead atoms. The molecule has 0 atom stereocenters. The fraction of sp³-hybridized carbons (Fsp3) is 0.0455. The molecule has 0 fully saturated rings. The molecule has 0 radical (unpaired) electrons. The lowest BCUT2D eigenvalue weighted by Crippen LogP contribution is -2.20. The summed E-state index contributed by atoms with van der Waals surface area (Å²) >= 11 is 0. The highest BCUT2D eigenvalue weighted by molar-refractivity contribution is 5.99. The maximum atomic E-state index is 14.3. The zero-order valence-electron chi connectivity index (χ0n) is 16.5.